The Kier molecular flexibility index (Phi) is 5.58. The molecule has 10 heteroatoms. The smallest absolute Gasteiger partial charge is 0.305 e. The van der Waals surface area contributed by atoms with E-state index in [4.69, 9.17) is 10.2 Å². The van der Waals surface area contributed by atoms with Gasteiger partial charge in [-0.1, -0.05) is 0 Å². The summed E-state index contributed by atoms with van der Waals surface area (Å²) in [6.45, 7) is -0.0483. The average Bonchev–Trinajstić information content (AvgIpc) is 2.67. The third-order valence-corrected chi connectivity index (χ3v) is 4.58. The molecule has 0 aromatic heterocycles. The molecule has 156 valence electrons. The summed E-state index contributed by atoms with van der Waals surface area (Å²) in [6, 6.07) is 5.10. The number of phenols is 2. The minimum atomic E-state index is -1.06. The zero-order valence-corrected chi connectivity index (χ0v) is 15.6. The highest BCUT2D eigenvalue weighted by Gasteiger charge is 2.37. The Morgan fingerprint density at radius 1 is 0.667 bits per heavy atom. The van der Waals surface area contributed by atoms with Crippen LogP contribution >= 0.6 is 0 Å². The van der Waals surface area contributed by atoms with E-state index in [1.807, 2.05) is 0 Å². The quantitative estimate of drug-likeness (QED) is 0.297. The van der Waals surface area contributed by atoms with Gasteiger partial charge in [-0.3, -0.25) is 19.2 Å². The Labute approximate surface area is 169 Å². The summed E-state index contributed by atoms with van der Waals surface area (Å²) < 4.78 is 0. The molecule has 0 saturated heterocycles. The van der Waals surface area contributed by atoms with Gasteiger partial charge < -0.3 is 31.1 Å². The van der Waals surface area contributed by atoms with E-state index in [0.29, 0.717) is 0 Å². The Bertz CT molecular complexity index is 991. The second-order valence-corrected chi connectivity index (χ2v) is 6.56. The fourth-order valence-corrected chi connectivity index (χ4v) is 3.27. The van der Waals surface area contributed by atoms with E-state index >= 15 is 0 Å². The summed E-state index contributed by atoms with van der Waals surface area (Å²) in [7, 11) is 0. The summed E-state index contributed by atoms with van der Waals surface area (Å²) in [4.78, 5) is 47.8. The molecule has 1 aliphatic rings. The highest BCUT2D eigenvalue weighted by molar-refractivity contribution is 6.33. The fraction of sp³-hybridized carbons (Fsp3) is 0.200. The predicted molar refractivity (Wildman–Crippen MR) is 105 cm³/mol. The highest BCUT2D eigenvalue weighted by atomic mass is 16.4. The SMILES string of the molecule is O=C(O)CCNc1ccc(O)c2c1C(=O)c1c(O)ccc(NCCC(=O)O)c1C2=O. The predicted octanol–water partition coefficient (Wildman–Crippen LogP) is 1.65. The van der Waals surface area contributed by atoms with Gasteiger partial charge in [0.05, 0.1) is 35.1 Å². The number of benzene rings is 2. The van der Waals surface area contributed by atoms with Crippen LogP contribution in [0.2, 0.25) is 0 Å². The second kappa shape index (κ2) is 8.11. The number of nitrogens with one attached hydrogen (secondary N) is 2. The van der Waals surface area contributed by atoms with Crippen LogP contribution in [0, 0.1) is 0 Å². The van der Waals surface area contributed by atoms with Gasteiger partial charge in [-0.15, -0.1) is 0 Å². The number of anilines is 2. The lowest BCUT2D eigenvalue weighted by molar-refractivity contribution is -0.137. The molecule has 30 heavy (non-hydrogen) atoms. The fourth-order valence-electron chi connectivity index (χ4n) is 3.27. The van der Waals surface area contributed by atoms with Crippen LogP contribution in [0.1, 0.15) is 44.7 Å². The maximum atomic E-state index is 13.2. The average molecular weight is 414 g/mol. The van der Waals surface area contributed by atoms with E-state index in [-0.39, 0.29) is 59.6 Å². The lowest BCUT2D eigenvalue weighted by Crippen LogP contribution is -2.25. The van der Waals surface area contributed by atoms with Crippen molar-refractivity contribution in [1.29, 1.82) is 0 Å². The number of ketones is 2. The molecule has 6 N–H and O–H groups in total. The molecule has 0 heterocycles. The van der Waals surface area contributed by atoms with Gasteiger partial charge in [-0.25, -0.2) is 0 Å². The molecule has 0 spiro atoms. The largest absolute Gasteiger partial charge is 0.507 e. The van der Waals surface area contributed by atoms with Gasteiger partial charge in [0.15, 0.2) is 0 Å². The van der Waals surface area contributed by atoms with Crippen LogP contribution in [0.3, 0.4) is 0 Å². The number of aromatic hydroxyl groups is 2. The van der Waals surface area contributed by atoms with Gasteiger partial charge in [-0.05, 0) is 24.3 Å². The van der Waals surface area contributed by atoms with Crippen molar-refractivity contribution in [3.05, 3.63) is 46.5 Å². The van der Waals surface area contributed by atoms with Crippen molar-refractivity contribution in [1.82, 2.24) is 0 Å². The molecule has 0 aliphatic heterocycles. The summed E-state index contributed by atoms with van der Waals surface area (Å²) in [5.74, 6) is -4.47. The summed E-state index contributed by atoms with van der Waals surface area (Å²) >= 11 is 0. The minimum Gasteiger partial charge on any atom is -0.507 e. The van der Waals surface area contributed by atoms with Crippen LogP contribution in [0.15, 0.2) is 24.3 Å². The number of rotatable bonds is 8. The van der Waals surface area contributed by atoms with Crippen molar-refractivity contribution in [3.63, 3.8) is 0 Å². The molecular formula is C20H18N2O8. The first-order valence-electron chi connectivity index (χ1n) is 8.95. The van der Waals surface area contributed by atoms with E-state index in [9.17, 15) is 29.4 Å². The molecule has 10 nitrogen and oxygen atoms in total. The number of phenolic OH excluding ortho intramolecular Hbond substituents is 2. The van der Waals surface area contributed by atoms with Crippen molar-refractivity contribution in [3.8, 4) is 11.5 Å². The normalized spacial score (nSPS) is 12.1. The lowest BCUT2D eigenvalue weighted by Gasteiger charge is -2.24. The van der Waals surface area contributed by atoms with Crippen LogP contribution in [-0.4, -0.2) is 57.0 Å². The van der Waals surface area contributed by atoms with Gasteiger partial charge in [0.1, 0.15) is 11.5 Å². The van der Waals surface area contributed by atoms with Crippen LogP contribution in [0.5, 0.6) is 11.5 Å². The molecule has 0 amide bonds. The molecule has 2 aromatic carbocycles. The number of carboxylic acid groups (broad SMARTS) is 2. The number of hydrogen-bond donors (Lipinski definition) is 6. The summed E-state index contributed by atoms with van der Waals surface area (Å²) in [6.07, 6.45) is -0.478. The van der Waals surface area contributed by atoms with Crippen LogP contribution in [0.4, 0.5) is 11.4 Å². The molecule has 0 saturated carbocycles. The van der Waals surface area contributed by atoms with Crippen molar-refractivity contribution >= 4 is 34.9 Å². The number of carbonyl (C=O) groups is 4. The van der Waals surface area contributed by atoms with E-state index < -0.39 is 35.0 Å². The number of aliphatic carboxylic acids is 2. The maximum absolute atomic E-state index is 13.2. The number of carbonyl (C=O) groups excluding carboxylic acids is 2. The zero-order chi connectivity index (χ0) is 22.0. The number of hydrogen-bond acceptors (Lipinski definition) is 8. The molecule has 0 atom stereocenters. The summed E-state index contributed by atoms with van der Waals surface area (Å²) in [5.41, 5.74) is -0.598. The zero-order valence-electron chi connectivity index (χ0n) is 15.6. The van der Waals surface area contributed by atoms with Crippen molar-refractivity contribution in [2.24, 2.45) is 0 Å². The topological polar surface area (TPSA) is 173 Å². The third kappa shape index (κ3) is 3.75. The molecule has 0 radical (unpaired) electrons. The minimum absolute atomic E-state index is 0.0242. The van der Waals surface area contributed by atoms with E-state index in [1.54, 1.807) is 0 Å². The molecule has 3 rings (SSSR count). The van der Waals surface area contributed by atoms with Crippen LogP contribution in [-0.2, 0) is 9.59 Å². The molecular weight excluding hydrogens is 396 g/mol. The first-order chi connectivity index (χ1) is 14.2. The molecule has 0 fully saturated rings. The first-order valence-corrected chi connectivity index (χ1v) is 8.95. The Balaban J connectivity index is 2.08. The summed E-state index contributed by atoms with van der Waals surface area (Å²) in [5, 5.41) is 43.6. The highest BCUT2D eigenvalue weighted by Crippen LogP contribution is 2.42. The molecule has 1 aliphatic carbocycles. The van der Waals surface area contributed by atoms with Crippen molar-refractivity contribution in [2.75, 3.05) is 23.7 Å². The van der Waals surface area contributed by atoms with E-state index in [2.05, 4.69) is 10.6 Å². The molecule has 0 bridgehead atoms. The first kappa shape index (κ1) is 20.6. The monoisotopic (exact) mass is 414 g/mol. The maximum Gasteiger partial charge on any atom is 0.305 e. The Morgan fingerprint density at radius 3 is 1.37 bits per heavy atom. The number of carboxylic acids is 2. The molecule has 2 aromatic rings. The molecule has 0 unspecified atom stereocenters. The van der Waals surface area contributed by atoms with E-state index in [0.717, 1.165) is 0 Å². The van der Waals surface area contributed by atoms with Gasteiger partial charge in [0.2, 0.25) is 11.6 Å². The third-order valence-electron chi connectivity index (χ3n) is 4.58. The van der Waals surface area contributed by atoms with Crippen molar-refractivity contribution in [2.45, 2.75) is 12.8 Å². The second-order valence-electron chi connectivity index (χ2n) is 6.56. The van der Waals surface area contributed by atoms with Crippen LogP contribution < -0.4 is 10.6 Å². The van der Waals surface area contributed by atoms with Gasteiger partial charge >= 0.3 is 11.9 Å². The Hall–Kier alpha value is -4.08. The van der Waals surface area contributed by atoms with Gasteiger partial charge in [0, 0.05) is 24.5 Å². The number of fused-ring (bicyclic) bond motifs is 2. The van der Waals surface area contributed by atoms with Crippen molar-refractivity contribution < 1.29 is 39.6 Å². The van der Waals surface area contributed by atoms with Gasteiger partial charge in [-0.2, -0.15) is 0 Å². The van der Waals surface area contributed by atoms with Gasteiger partial charge in [0.25, 0.3) is 0 Å². The standard InChI is InChI=1S/C20H18N2O8/c23-11-3-1-9(21-7-5-13(25)26)15-17(11)20(30)16-10(22-8-6-14(27)28)2-4-12(24)18(16)19(15)29/h1-4,21-24H,5-8H2,(H,25,26)(H,27,28). The van der Waals surface area contributed by atoms with E-state index in [1.165, 1.54) is 24.3 Å². The van der Waals surface area contributed by atoms with Crippen LogP contribution in [0.25, 0.3) is 0 Å². The lowest BCUT2D eigenvalue weighted by atomic mass is 9.81. The Morgan fingerprint density at radius 2 is 1.03 bits per heavy atom.